The van der Waals surface area contributed by atoms with Crippen LogP contribution in [0.2, 0.25) is 0 Å². The van der Waals surface area contributed by atoms with Crippen molar-refractivity contribution in [3.8, 4) is 22.9 Å². The van der Waals surface area contributed by atoms with Crippen LogP contribution in [0.3, 0.4) is 0 Å². The van der Waals surface area contributed by atoms with E-state index in [0.717, 1.165) is 34.7 Å². The molecule has 0 aliphatic carbocycles. The van der Waals surface area contributed by atoms with E-state index in [-0.39, 0.29) is 5.82 Å². The van der Waals surface area contributed by atoms with Crippen LogP contribution in [0.25, 0.3) is 11.1 Å². The van der Waals surface area contributed by atoms with E-state index in [0.29, 0.717) is 11.5 Å². The molecule has 1 aromatic carbocycles. The highest BCUT2D eigenvalue weighted by molar-refractivity contribution is 5.82. The average molecular weight is 310 g/mol. The highest BCUT2D eigenvalue weighted by Crippen LogP contribution is 2.36. The number of aromatic nitrogens is 1. The lowest BCUT2D eigenvalue weighted by Gasteiger charge is -2.18. The number of hydrogen-bond acceptors (Lipinski definition) is 5. The number of pyridine rings is 1. The lowest BCUT2D eigenvalue weighted by atomic mass is 9.90. The number of nitrogen functional groups attached to an aromatic ring is 1. The van der Waals surface area contributed by atoms with Gasteiger partial charge in [0.25, 0.3) is 0 Å². The normalized spacial score (nSPS) is 10.4. The van der Waals surface area contributed by atoms with Crippen LogP contribution in [0.1, 0.15) is 25.0 Å². The van der Waals surface area contributed by atoms with Gasteiger partial charge in [-0.25, -0.2) is 4.98 Å². The van der Waals surface area contributed by atoms with Gasteiger partial charge < -0.3 is 15.8 Å². The fraction of sp³-hybridized carbons (Fsp3) is 0.333. The number of rotatable bonds is 5. The zero-order valence-electron chi connectivity index (χ0n) is 14.0. The zero-order valence-corrected chi connectivity index (χ0v) is 14.0. The van der Waals surface area contributed by atoms with Gasteiger partial charge in [-0.2, -0.15) is 5.26 Å². The summed E-state index contributed by atoms with van der Waals surface area (Å²) in [5.41, 5.74) is 9.22. The van der Waals surface area contributed by atoms with Gasteiger partial charge in [-0.3, -0.25) is 0 Å². The Morgan fingerprint density at radius 2 is 1.96 bits per heavy atom. The van der Waals surface area contributed by atoms with Crippen LogP contribution in [-0.4, -0.2) is 19.1 Å². The van der Waals surface area contributed by atoms with Crippen molar-refractivity contribution in [3.63, 3.8) is 0 Å². The minimum Gasteiger partial charge on any atom is -0.497 e. The van der Waals surface area contributed by atoms with E-state index in [4.69, 9.17) is 10.5 Å². The average Bonchev–Trinajstić information content (AvgIpc) is 2.55. The Bertz CT molecular complexity index is 730. The Labute approximate surface area is 137 Å². The Morgan fingerprint density at radius 1 is 1.30 bits per heavy atom. The lowest BCUT2D eigenvalue weighted by Crippen LogP contribution is -2.09. The van der Waals surface area contributed by atoms with Crippen LogP contribution in [0.4, 0.5) is 11.6 Å². The highest BCUT2D eigenvalue weighted by Gasteiger charge is 2.20. The zero-order chi connectivity index (χ0) is 17.0. The molecule has 0 spiro atoms. The van der Waals surface area contributed by atoms with Gasteiger partial charge in [0.2, 0.25) is 0 Å². The summed E-state index contributed by atoms with van der Waals surface area (Å²) in [5, 5.41) is 12.7. The van der Waals surface area contributed by atoms with Gasteiger partial charge in [0.05, 0.1) is 7.11 Å². The van der Waals surface area contributed by atoms with E-state index < -0.39 is 0 Å². The largest absolute Gasteiger partial charge is 0.497 e. The number of benzene rings is 1. The van der Waals surface area contributed by atoms with E-state index in [9.17, 15) is 5.26 Å². The Balaban J connectivity index is 2.75. The molecule has 0 saturated heterocycles. The third-order valence-electron chi connectivity index (χ3n) is 3.67. The molecule has 5 heteroatoms. The topological polar surface area (TPSA) is 84.0 Å². The lowest BCUT2D eigenvalue weighted by molar-refractivity contribution is 0.415. The first-order valence-corrected chi connectivity index (χ1v) is 7.56. The molecule has 1 aromatic heterocycles. The van der Waals surface area contributed by atoms with Crippen LogP contribution < -0.4 is 15.8 Å². The molecule has 120 valence electrons. The predicted molar refractivity (Wildman–Crippen MR) is 93.4 cm³/mol. The molecule has 3 N–H and O–H groups in total. The quantitative estimate of drug-likeness (QED) is 0.883. The first-order chi connectivity index (χ1) is 11.0. The molecule has 2 rings (SSSR count). The van der Waals surface area contributed by atoms with Crippen molar-refractivity contribution in [2.75, 3.05) is 25.2 Å². The molecule has 0 aliphatic rings. The minimum absolute atomic E-state index is 0.246. The second kappa shape index (κ2) is 7.01. The summed E-state index contributed by atoms with van der Waals surface area (Å²) in [6.45, 7) is 4.28. The minimum atomic E-state index is 0.246. The molecular weight excluding hydrogens is 288 g/mol. The summed E-state index contributed by atoms with van der Waals surface area (Å²) in [5.74, 6) is 2.17. The first-order valence-electron chi connectivity index (χ1n) is 7.56. The van der Waals surface area contributed by atoms with Gasteiger partial charge in [-0.1, -0.05) is 26.0 Å². The molecule has 2 aromatic rings. The Hall–Kier alpha value is -2.74. The van der Waals surface area contributed by atoms with Crippen molar-refractivity contribution in [3.05, 3.63) is 35.4 Å². The van der Waals surface area contributed by atoms with Gasteiger partial charge >= 0.3 is 0 Å². The van der Waals surface area contributed by atoms with Gasteiger partial charge in [0.15, 0.2) is 0 Å². The van der Waals surface area contributed by atoms with Gasteiger partial charge in [-0.05, 0) is 30.0 Å². The highest BCUT2D eigenvalue weighted by atomic mass is 16.5. The van der Waals surface area contributed by atoms with E-state index in [2.05, 4.69) is 30.2 Å². The summed E-state index contributed by atoms with van der Waals surface area (Å²) in [6.07, 6.45) is 0.805. The SMILES string of the molecule is CNc1nc(N)c(C#N)c(-c2ccc(OC)cc2)c1CC(C)C. The molecule has 0 amide bonds. The van der Waals surface area contributed by atoms with Crippen molar-refractivity contribution in [2.24, 2.45) is 5.92 Å². The Morgan fingerprint density at radius 3 is 2.43 bits per heavy atom. The van der Waals surface area contributed by atoms with Gasteiger partial charge in [0.1, 0.15) is 29.0 Å². The molecule has 0 radical (unpaired) electrons. The number of nitrogens with one attached hydrogen (secondary N) is 1. The van der Waals surface area contributed by atoms with E-state index in [1.54, 1.807) is 7.11 Å². The summed E-state index contributed by atoms with van der Waals surface area (Å²) in [7, 11) is 3.44. The second-order valence-corrected chi connectivity index (χ2v) is 5.76. The molecule has 5 nitrogen and oxygen atoms in total. The summed E-state index contributed by atoms with van der Waals surface area (Å²) >= 11 is 0. The van der Waals surface area contributed by atoms with Crippen LogP contribution >= 0.6 is 0 Å². The molecule has 0 aliphatic heterocycles. The number of nitrogens with zero attached hydrogens (tertiary/aromatic N) is 2. The number of methoxy groups -OCH3 is 1. The number of anilines is 2. The number of nitrogens with two attached hydrogens (primary N) is 1. The second-order valence-electron chi connectivity index (χ2n) is 5.76. The molecule has 0 saturated carbocycles. The van der Waals surface area contributed by atoms with Crippen LogP contribution in [0.5, 0.6) is 5.75 Å². The van der Waals surface area contributed by atoms with Crippen molar-refractivity contribution in [2.45, 2.75) is 20.3 Å². The molecule has 23 heavy (non-hydrogen) atoms. The van der Waals surface area contributed by atoms with Gasteiger partial charge in [-0.15, -0.1) is 0 Å². The first kappa shape index (κ1) is 16.6. The fourth-order valence-electron chi connectivity index (χ4n) is 2.64. The molecule has 0 fully saturated rings. The van der Waals surface area contributed by atoms with E-state index in [1.165, 1.54) is 0 Å². The van der Waals surface area contributed by atoms with Gasteiger partial charge in [0, 0.05) is 18.2 Å². The Kier molecular flexibility index (Phi) is 5.07. The maximum Gasteiger partial charge on any atom is 0.144 e. The molecular formula is C18H22N4O. The van der Waals surface area contributed by atoms with Crippen LogP contribution in [0, 0.1) is 17.2 Å². The smallest absolute Gasteiger partial charge is 0.144 e. The fourth-order valence-corrected chi connectivity index (χ4v) is 2.64. The standard InChI is InChI=1S/C18H22N4O/c1-11(2)9-14-16(12-5-7-13(23-4)8-6-12)15(10-19)17(20)22-18(14)21-3/h5-8,11H,9H2,1-4H3,(H3,20,21,22). The summed E-state index contributed by atoms with van der Waals surface area (Å²) in [6, 6.07) is 9.85. The number of ether oxygens (including phenoxy) is 1. The molecule has 0 atom stereocenters. The summed E-state index contributed by atoms with van der Waals surface area (Å²) < 4.78 is 5.21. The maximum atomic E-state index is 9.57. The molecule has 0 bridgehead atoms. The molecule has 1 heterocycles. The van der Waals surface area contributed by atoms with Crippen molar-refractivity contribution in [1.29, 1.82) is 5.26 Å². The van der Waals surface area contributed by atoms with Crippen LogP contribution in [0.15, 0.2) is 24.3 Å². The molecule has 0 unspecified atom stereocenters. The number of nitriles is 1. The predicted octanol–water partition coefficient (Wildman–Crippen LogP) is 3.45. The third-order valence-corrected chi connectivity index (χ3v) is 3.67. The van der Waals surface area contributed by atoms with Crippen molar-refractivity contribution >= 4 is 11.6 Å². The third kappa shape index (κ3) is 3.37. The van der Waals surface area contributed by atoms with E-state index in [1.807, 2.05) is 31.3 Å². The summed E-state index contributed by atoms with van der Waals surface area (Å²) in [4.78, 5) is 4.35. The van der Waals surface area contributed by atoms with Crippen molar-refractivity contribution < 1.29 is 4.74 Å². The number of hydrogen-bond donors (Lipinski definition) is 2. The maximum absolute atomic E-state index is 9.57. The van der Waals surface area contributed by atoms with E-state index >= 15 is 0 Å². The monoisotopic (exact) mass is 310 g/mol. The van der Waals surface area contributed by atoms with Crippen molar-refractivity contribution in [1.82, 2.24) is 4.98 Å². The van der Waals surface area contributed by atoms with Crippen LogP contribution in [-0.2, 0) is 6.42 Å².